The number of halogens is 1. The molecule has 0 fully saturated rings. The first-order valence-corrected chi connectivity index (χ1v) is 4.76. The Morgan fingerprint density at radius 3 is 2.31 bits per heavy atom. The number of nitrogens with zero attached hydrogens (tertiary/aromatic N) is 1. The summed E-state index contributed by atoms with van der Waals surface area (Å²) in [6.45, 7) is 0. The Kier molecular flexibility index (Phi) is 2.57. The molecule has 2 aromatic rings. The minimum Gasteiger partial charge on any atom is -0.398 e. The first kappa shape index (κ1) is 10.2. The van der Waals surface area contributed by atoms with E-state index < -0.39 is 0 Å². The molecule has 3 heteroatoms. The van der Waals surface area contributed by atoms with Crippen LogP contribution in [0, 0.1) is 17.1 Å². The third-order valence-electron chi connectivity index (χ3n) is 2.34. The van der Waals surface area contributed by atoms with Crippen LogP contribution in [0.25, 0.3) is 11.1 Å². The average Bonchev–Trinajstić information content (AvgIpc) is 2.30. The predicted molar refractivity (Wildman–Crippen MR) is 61.0 cm³/mol. The van der Waals surface area contributed by atoms with Crippen LogP contribution in [0.1, 0.15) is 5.56 Å². The molecule has 0 aliphatic carbocycles. The van der Waals surface area contributed by atoms with Crippen molar-refractivity contribution in [1.29, 1.82) is 5.26 Å². The maximum Gasteiger partial charge on any atom is 0.123 e. The topological polar surface area (TPSA) is 49.8 Å². The van der Waals surface area contributed by atoms with Gasteiger partial charge in [0, 0.05) is 11.3 Å². The maximum absolute atomic E-state index is 12.7. The van der Waals surface area contributed by atoms with Gasteiger partial charge in [-0.1, -0.05) is 18.2 Å². The number of benzene rings is 2. The first-order valence-electron chi connectivity index (χ1n) is 4.76. The van der Waals surface area contributed by atoms with E-state index in [2.05, 4.69) is 0 Å². The average molecular weight is 212 g/mol. The molecule has 0 atom stereocenters. The van der Waals surface area contributed by atoms with Crippen molar-refractivity contribution in [3.8, 4) is 17.2 Å². The van der Waals surface area contributed by atoms with E-state index >= 15 is 0 Å². The van der Waals surface area contributed by atoms with Crippen molar-refractivity contribution in [2.24, 2.45) is 0 Å². The van der Waals surface area contributed by atoms with Crippen molar-refractivity contribution in [3.05, 3.63) is 53.8 Å². The second-order valence-corrected chi connectivity index (χ2v) is 3.42. The summed E-state index contributed by atoms with van der Waals surface area (Å²) < 4.78 is 12.7. The van der Waals surface area contributed by atoms with Crippen molar-refractivity contribution in [2.45, 2.75) is 0 Å². The van der Waals surface area contributed by atoms with Gasteiger partial charge < -0.3 is 5.73 Å². The molecule has 2 aromatic carbocycles. The summed E-state index contributed by atoms with van der Waals surface area (Å²) in [5, 5.41) is 8.70. The molecule has 2 N–H and O–H groups in total. The van der Waals surface area contributed by atoms with E-state index in [-0.39, 0.29) is 5.82 Å². The SMILES string of the molecule is N#Cc1ccc(-c2ccc(F)cc2)c(N)c1. The number of nitrogens with two attached hydrogens (primary N) is 1. The Morgan fingerprint density at radius 1 is 1.06 bits per heavy atom. The van der Waals surface area contributed by atoms with Crippen molar-refractivity contribution in [3.63, 3.8) is 0 Å². The highest BCUT2D eigenvalue weighted by Gasteiger charge is 2.03. The molecule has 2 rings (SSSR count). The van der Waals surface area contributed by atoms with Crippen LogP contribution in [-0.2, 0) is 0 Å². The van der Waals surface area contributed by atoms with Gasteiger partial charge in [0.25, 0.3) is 0 Å². The van der Waals surface area contributed by atoms with Gasteiger partial charge in [0.1, 0.15) is 5.82 Å². The smallest absolute Gasteiger partial charge is 0.123 e. The van der Waals surface area contributed by atoms with Crippen LogP contribution in [0.3, 0.4) is 0 Å². The molecule has 2 nitrogen and oxygen atoms in total. The highest BCUT2D eigenvalue weighted by Crippen LogP contribution is 2.26. The zero-order chi connectivity index (χ0) is 11.5. The summed E-state index contributed by atoms with van der Waals surface area (Å²) in [7, 11) is 0. The van der Waals surface area contributed by atoms with Crippen LogP contribution in [-0.4, -0.2) is 0 Å². The van der Waals surface area contributed by atoms with Crippen molar-refractivity contribution >= 4 is 5.69 Å². The summed E-state index contributed by atoms with van der Waals surface area (Å²) in [6.07, 6.45) is 0. The van der Waals surface area contributed by atoms with Crippen LogP contribution < -0.4 is 5.73 Å². The maximum atomic E-state index is 12.7. The summed E-state index contributed by atoms with van der Waals surface area (Å²) >= 11 is 0. The van der Waals surface area contributed by atoms with Crippen molar-refractivity contribution in [1.82, 2.24) is 0 Å². The molecule has 0 bridgehead atoms. The van der Waals surface area contributed by atoms with Gasteiger partial charge >= 0.3 is 0 Å². The Bertz CT molecular complexity index is 553. The number of nitriles is 1. The van der Waals surface area contributed by atoms with Gasteiger partial charge in [0.2, 0.25) is 0 Å². The van der Waals surface area contributed by atoms with Gasteiger partial charge in [-0.25, -0.2) is 4.39 Å². The van der Waals surface area contributed by atoms with Crippen molar-refractivity contribution in [2.75, 3.05) is 5.73 Å². The van der Waals surface area contributed by atoms with Crippen LogP contribution >= 0.6 is 0 Å². The predicted octanol–water partition coefficient (Wildman–Crippen LogP) is 2.95. The van der Waals surface area contributed by atoms with E-state index in [4.69, 9.17) is 11.0 Å². The lowest BCUT2D eigenvalue weighted by atomic mass is 10.0. The Labute approximate surface area is 92.8 Å². The fourth-order valence-corrected chi connectivity index (χ4v) is 1.52. The van der Waals surface area contributed by atoms with Crippen molar-refractivity contribution < 1.29 is 4.39 Å². The van der Waals surface area contributed by atoms with Gasteiger partial charge in [-0.3, -0.25) is 0 Å². The third kappa shape index (κ3) is 1.86. The molecular formula is C13H9FN2. The molecule has 16 heavy (non-hydrogen) atoms. The number of nitrogen functional groups attached to an aromatic ring is 1. The molecule has 0 saturated heterocycles. The summed E-state index contributed by atoms with van der Waals surface area (Å²) in [5.41, 5.74) is 8.50. The monoisotopic (exact) mass is 212 g/mol. The summed E-state index contributed by atoms with van der Waals surface area (Å²) in [5.74, 6) is -0.282. The van der Waals surface area contributed by atoms with Crippen LogP contribution in [0.15, 0.2) is 42.5 Å². The number of hydrogen-bond acceptors (Lipinski definition) is 2. The zero-order valence-corrected chi connectivity index (χ0v) is 8.44. The highest BCUT2D eigenvalue weighted by molar-refractivity contribution is 5.77. The van der Waals surface area contributed by atoms with Crippen LogP contribution in [0.5, 0.6) is 0 Å². The van der Waals surface area contributed by atoms with Gasteiger partial charge in [0.05, 0.1) is 11.6 Å². The van der Waals surface area contributed by atoms with E-state index in [1.807, 2.05) is 6.07 Å². The van der Waals surface area contributed by atoms with E-state index in [9.17, 15) is 4.39 Å². The lowest BCUT2D eigenvalue weighted by molar-refractivity contribution is 0.628. The standard InChI is InChI=1S/C13H9FN2/c14-11-4-2-10(3-5-11)12-6-1-9(8-15)7-13(12)16/h1-7H,16H2. The van der Waals surface area contributed by atoms with E-state index in [0.717, 1.165) is 11.1 Å². The zero-order valence-electron chi connectivity index (χ0n) is 8.44. The van der Waals surface area contributed by atoms with Gasteiger partial charge in [-0.05, 0) is 29.8 Å². The molecule has 0 radical (unpaired) electrons. The van der Waals surface area contributed by atoms with Crippen LogP contribution in [0.2, 0.25) is 0 Å². The molecule has 0 unspecified atom stereocenters. The molecule has 0 aromatic heterocycles. The number of hydrogen-bond donors (Lipinski definition) is 1. The molecular weight excluding hydrogens is 203 g/mol. The van der Waals surface area contributed by atoms with Crippen LogP contribution in [0.4, 0.5) is 10.1 Å². The molecule has 0 spiro atoms. The minimum atomic E-state index is -0.282. The quantitative estimate of drug-likeness (QED) is 0.739. The molecule has 0 aliphatic heterocycles. The Balaban J connectivity index is 2.49. The first-order chi connectivity index (χ1) is 7.70. The lowest BCUT2D eigenvalue weighted by Crippen LogP contribution is -1.91. The second kappa shape index (κ2) is 4.03. The normalized spacial score (nSPS) is 9.75. The molecule has 78 valence electrons. The molecule has 0 aliphatic rings. The van der Waals surface area contributed by atoms with E-state index in [0.29, 0.717) is 11.3 Å². The minimum absolute atomic E-state index is 0.282. The Morgan fingerprint density at radius 2 is 1.75 bits per heavy atom. The summed E-state index contributed by atoms with van der Waals surface area (Å²) in [6, 6.07) is 13.2. The Hall–Kier alpha value is -2.34. The molecule has 0 saturated carbocycles. The lowest BCUT2D eigenvalue weighted by Gasteiger charge is -2.05. The second-order valence-electron chi connectivity index (χ2n) is 3.42. The van der Waals surface area contributed by atoms with Gasteiger partial charge in [-0.15, -0.1) is 0 Å². The largest absolute Gasteiger partial charge is 0.398 e. The number of rotatable bonds is 1. The fraction of sp³-hybridized carbons (Fsp3) is 0. The molecule has 0 heterocycles. The highest BCUT2D eigenvalue weighted by atomic mass is 19.1. The van der Waals surface area contributed by atoms with E-state index in [1.165, 1.54) is 12.1 Å². The van der Waals surface area contributed by atoms with Gasteiger partial charge in [-0.2, -0.15) is 5.26 Å². The third-order valence-corrected chi connectivity index (χ3v) is 2.34. The summed E-state index contributed by atoms with van der Waals surface area (Å²) in [4.78, 5) is 0. The fourth-order valence-electron chi connectivity index (χ4n) is 1.52. The number of anilines is 1. The molecule has 0 amide bonds. The van der Waals surface area contributed by atoms with Gasteiger partial charge in [0.15, 0.2) is 0 Å². The van der Waals surface area contributed by atoms with E-state index in [1.54, 1.807) is 30.3 Å².